The van der Waals surface area contributed by atoms with Crippen LogP contribution in [0, 0.1) is 17.8 Å². The van der Waals surface area contributed by atoms with Gasteiger partial charge in [0, 0.05) is 42.1 Å². The first-order chi connectivity index (χ1) is 11.6. The van der Waals surface area contributed by atoms with E-state index in [1.54, 1.807) is 0 Å². The molecule has 2 N–H and O–H groups in total. The van der Waals surface area contributed by atoms with Gasteiger partial charge in [0.1, 0.15) is 6.23 Å². The Balaban J connectivity index is 0.00000140. The third-order valence-electron chi connectivity index (χ3n) is 8.46. The van der Waals surface area contributed by atoms with Gasteiger partial charge in [-0.05, 0) is 36.8 Å². The Labute approximate surface area is 155 Å². The van der Waals surface area contributed by atoms with E-state index >= 15 is 0 Å². The van der Waals surface area contributed by atoms with Gasteiger partial charge < -0.3 is 15.1 Å². The Kier molecular flexibility index (Phi) is 3.22. The molecule has 4 saturated heterocycles. The molecule has 1 aromatic rings. The van der Waals surface area contributed by atoms with Crippen LogP contribution in [-0.2, 0) is 5.41 Å². The minimum Gasteiger partial charge on any atom is -0.392 e. The van der Waals surface area contributed by atoms with Crippen molar-refractivity contribution in [2.24, 2.45) is 17.8 Å². The number of piperidine rings is 4. The second-order valence-corrected chi connectivity index (χ2v) is 8.81. The van der Waals surface area contributed by atoms with E-state index < -0.39 is 0 Å². The average molecular weight is 363 g/mol. The molecular formula is C20H27ClN2O2. The van der Waals surface area contributed by atoms with E-state index in [0.717, 1.165) is 19.3 Å². The second kappa shape index (κ2) is 4.92. The SMILES string of the molecule is CC[C@H]1[C@@H]2C[C@H]3[C@@H]4N(C)c5ccccc5[C@]45C[C@@H](C2[C@H]5O)N3[C@@H]1O.Cl. The fourth-order valence-corrected chi connectivity index (χ4v) is 7.88. The number of likely N-dealkylation sites (N-methyl/N-ethyl adjacent to an activating group) is 1. The molecule has 1 spiro atoms. The van der Waals surface area contributed by atoms with Crippen molar-refractivity contribution in [1.82, 2.24) is 4.90 Å². The number of aliphatic hydroxyl groups is 2. The molecule has 5 heteroatoms. The molecule has 1 saturated carbocycles. The number of nitrogens with zero attached hydrogens (tertiary/aromatic N) is 2. The molecule has 6 aliphatic rings. The number of benzene rings is 1. The molecule has 10 atom stereocenters. The first kappa shape index (κ1) is 16.4. The maximum Gasteiger partial charge on any atom is 0.111 e. The summed E-state index contributed by atoms with van der Waals surface area (Å²) < 4.78 is 0. The van der Waals surface area contributed by atoms with Gasteiger partial charge in [-0.15, -0.1) is 12.4 Å². The number of halogens is 1. The Morgan fingerprint density at radius 1 is 1.20 bits per heavy atom. The van der Waals surface area contributed by atoms with Gasteiger partial charge in [-0.1, -0.05) is 25.1 Å². The summed E-state index contributed by atoms with van der Waals surface area (Å²) >= 11 is 0. The number of aliphatic hydroxyl groups excluding tert-OH is 2. The van der Waals surface area contributed by atoms with Crippen LogP contribution in [0.25, 0.3) is 0 Å². The molecule has 0 amide bonds. The smallest absolute Gasteiger partial charge is 0.111 e. The largest absolute Gasteiger partial charge is 0.392 e. The Hall–Kier alpha value is -0.810. The van der Waals surface area contributed by atoms with E-state index in [-0.39, 0.29) is 30.2 Å². The monoisotopic (exact) mass is 362 g/mol. The molecule has 5 aliphatic heterocycles. The summed E-state index contributed by atoms with van der Waals surface area (Å²) in [5.41, 5.74) is 2.51. The highest BCUT2D eigenvalue weighted by Crippen LogP contribution is 2.68. The van der Waals surface area contributed by atoms with E-state index in [2.05, 4.69) is 48.0 Å². The second-order valence-electron chi connectivity index (χ2n) is 8.81. The minimum atomic E-state index is -0.319. The zero-order valence-corrected chi connectivity index (χ0v) is 15.6. The lowest BCUT2D eigenvalue weighted by molar-refractivity contribution is -0.211. The molecule has 5 fully saturated rings. The van der Waals surface area contributed by atoms with Crippen molar-refractivity contribution in [3.05, 3.63) is 29.8 Å². The number of fused-ring (bicyclic) bond motifs is 2. The summed E-state index contributed by atoms with van der Waals surface area (Å²) in [4.78, 5) is 4.83. The number of hydrogen-bond donors (Lipinski definition) is 2. The van der Waals surface area contributed by atoms with E-state index in [1.165, 1.54) is 11.3 Å². The molecule has 25 heavy (non-hydrogen) atoms. The summed E-state index contributed by atoms with van der Waals surface area (Å²) in [5.74, 6) is 1.14. The van der Waals surface area contributed by atoms with Gasteiger partial charge in [-0.2, -0.15) is 0 Å². The molecule has 1 aromatic carbocycles. The van der Waals surface area contributed by atoms with Crippen LogP contribution in [0.4, 0.5) is 5.69 Å². The Morgan fingerprint density at radius 2 is 1.96 bits per heavy atom. The van der Waals surface area contributed by atoms with Gasteiger partial charge in [-0.25, -0.2) is 0 Å². The molecule has 0 radical (unpaired) electrons. The van der Waals surface area contributed by atoms with Crippen molar-refractivity contribution in [2.75, 3.05) is 11.9 Å². The zero-order valence-electron chi connectivity index (χ0n) is 14.7. The van der Waals surface area contributed by atoms with Gasteiger partial charge >= 0.3 is 0 Å². The van der Waals surface area contributed by atoms with Crippen molar-refractivity contribution >= 4 is 18.1 Å². The van der Waals surface area contributed by atoms with E-state index in [9.17, 15) is 10.2 Å². The van der Waals surface area contributed by atoms with Gasteiger partial charge in [0.2, 0.25) is 0 Å². The molecule has 5 bridgehead atoms. The molecular weight excluding hydrogens is 336 g/mol. The standard InChI is InChI=1S/C20H26N2O2.ClH/c1-3-10-11-8-14-17-20(12-6-4-5-7-13(12)21(17)2)9-15(16(11)18(20)23)22(14)19(10)24;/h4-7,10-11,14-19,23-24H,3,8-9H2,1-2H3;1H/t10-,11-,14-,15-,16?,17-,18+,19+,20+;/m0./s1. The summed E-state index contributed by atoms with van der Waals surface area (Å²) in [6, 6.07) is 9.70. The highest BCUT2D eigenvalue weighted by molar-refractivity contribution is 5.85. The van der Waals surface area contributed by atoms with E-state index in [0.29, 0.717) is 35.9 Å². The van der Waals surface area contributed by atoms with Crippen LogP contribution in [0.2, 0.25) is 0 Å². The Bertz CT molecular complexity index is 729. The van der Waals surface area contributed by atoms with Gasteiger partial charge in [0.15, 0.2) is 0 Å². The molecule has 5 heterocycles. The first-order valence-corrected chi connectivity index (χ1v) is 9.57. The molecule has 0 aromatic heterocycles. The number of anilines is 1. The van der Waals surface area contributed by atoms with Gasteiger partial charge in [0.05, 0.1) is 12.1 Å². The Morgan fingerprint density at radius 3 is 2.72 bits per heavy atom. The van der Waals surface area contributed by atoms with Crippen LogP contribution >= 0.6 is 12.4 Å². The lowest BCUT2D eigenvalue weighted by Gasteiger charge is -2.62. The van der Waals surface area contributed by atoms with Crippen LogP contribution in [0.1, 0.15) is 31.7 Å². The molecule has 2 unspecified atom stereocenters. The van der Waals surface area contributed by atoms with Crippen molar-refractivity contribution < 1.29 is 10.2 Å². The average Bonchev–Trinajstić information content (AvgIpc) is 2.97. The minimum absolute atomic E-state index is 0. The quantitative estimate of drug-likeness (QED) is 0.802. The summed E-state index contributed by atoms with van der Waals surface area (Å²) in [6.45, 7) is 2.19. The lowest BCUT2D eigenvalue weighted by atomic mass is 9.62. The highest BCUT2D eigenvalue weighted by Gasteiger charge is 2.76. The topological polar surface area (TPSA) is 46.9 Å². The van der Waals surface area contributed by atoms with Gasteiger partial charge in [-0.3, -0.25) is 4.90 Å². The fraction of sp³-hybridized carbons (Fsp3) is 0.700. The van der Waals surface area contributed by atoms with E-state index in [1.807, 2.05) is 0 Å². The molecule has 7 rings (SSSR count). The van der Waals surface area contributed by atoms with Crippen LogP contribution in [0.3, 0.4) is 0 Å². The van der Waals surface area contributed by atoms with Crippen LogP contribution < -0.4 is 4.90 Å². The van der Waals surface area contributed by atoms with Crippen LogP contribution in [0.15, 0.2) is 24.3 Å². The first-order valence-electron chi connectivity index (χ1n) is 9.57. The highest BCUT2D eigenvalue weighted by atomic mass is 35.5. The van der Waals surface area contributed by atoms with Crippen LogP contribution in [-0.4, -0.2) is 52.6 Å². The number of rotatable bonds is 1. The zero-order chi connectivity index (χ0) is 16.4. The third kappa shape index (κ3) is 1.50. The number of para-hydroxylation sites is 1. The van der Waals surface area contributed by atoms with Crippen molar-refractivity contribution in [3.63, 3.8) is 0 Å². The van der Waals surface area contributed by atoms with Crippen molar-refractivity contribution in [3.8, 4) is 0 Å². The predicted octanol–water partition coefficient (Wildman–Crippen LogP) is 1.98. The summed E-state index contributed by atoms with van der Waals surface area (Å²) in [5, 5.41) is 22.6. The van der Waals surface area contributed by atoms with Crippen LogP contribution in [0.5, 0.6) is 0 Å². The maximum atomic E-state index is 11.6. The molecule has 136 valence electrons. The fourth-order valence-electron chi connectivity index (χ4n) is 7.88. The van der Waals surface area contributed by atoms with Crippen molar-refractivity contribution in [2.45, 2.75) is 62.1 Å². The lowest BCUT2D eigenvalue weighted by Crippen LogP contribution is -2.72. The third-order valence-corrected chi connectivity index (χ3v) is 8.46. The summed E-state index contributed by atoms with van der Waals surface area (Å²) in [7, 11) is 2.19. The number of hydrogen-bond acceptors (Lipinski definition) is 4. The predicted molar refractivity (Wildman–Crippen MR) is 99.0 cm³/mol. The molecule has 1 aliphatic carbocycles. The van der Waals surface area contributed by atoms with Gasteiger partial charge in [0.25, 0.3) is 0 Å². The maximum absolute atomic E-state index is 11.6. The summed E-state index contributed by atoms with van der Waals surface area (Å²) in [6.07, 6.45) is 2.56. The van der Waals surface area contributed by atoms with Crippen molar-refractivity contribution in [1.29, 1.82) is 0 Å². The van der Waals surface area contributed by atoms with E-state index in [4.69, 9.17) is 0 Å². The molecule has 4 nitrogen and oxygen atoms in total. The normalized spacial score (nSPS) is 53.6.